The number of carbonyl (C=O) groups excluding carboxylic acids is 1. The third kappa shape index (κ3) is 5.80. The van der Waals surface area contributed by atoms with Gasteiger partial charge in [-0.2, -0.15) is 13.2 Å². The van der Waals surface area contributed by atoms with Crippen LogP contribution in [0.1, 0.15) is 62.4 Å². The molecule has 0 aliphatic heterocycles. The Labute approximate surface area is 140 Å². The van der Waals surface area contributed by atoms with E-state index in [1.54, 1.807) is 0 Å². The number of rotatable bonds is 8. The summed E-state index contributed by atoms with van der Waals surface area (Å²) in [5, 5.41) is 0. The van der Waals surface area contributed by atoms with Crippen molar-refractivity contribution in [2.75, 3.05) is 13.1 Å². The average Bonchev–Trinajstić information content (AvgIpc) is 2.49. The summed E-state index contributed by atoms with van der Waals surface area (Å²) in [5.74, 6) is -1.81. The average molecular weight is 347 g/mol. The molecule has 0 atom stereocenters. The molecule has 136 valence electrons. The van der Waals surface area contributed by atoms with E-state index in [0.29, 0.717) is 25.1 Å². The molecule has 1 aromatic rings. The zero-order valence-corrected chi connectivity index (χ0v) is 14.4. The van der Waals surface area contributed by atoms with Crippen molar-refractivity contribution in [3.8, 4) is 0 Å². The molecule has 0 saturated heterocycles. The van der Waals surface area contributed by atoms with Crippen molar-refractivity contribution in [3.63, 3.8) is 0 Å². The predicted molar refractivity (Wildman–Crippen MR) is 86.3 cm³/mol. The van der Waals surface area contributed by atoms with Gasteiger partial charge in [0.25, 0.3) is 5.91 Å². The van der Waals surface area contributed by atoms with Gasteiger partial charge in [0.05, 0.1) is 11.1 Å². The number of nitrogens with zero attached hydrogens (tertiary/aromatic N) is 1. The molecule has 6 heteroatoms. The largest absolute Gasteiger partial charge is 0.419 e. The molecule has 0 radical (unpaired) electrons. The quantitative estimate of drug-likeness (QED) is 0.448. The lowest BCUT2D eigenvalue weighted by Gasteiger charge is -2.24. The molecule has 24 heavy (non-hydrogen) atoms. The molecule has 0 fully saturated rings. The third-order valence-electron chi connectivity index (χ3n) is 3.83. The van der Waals surface area contributed by atoms with E-state index >= 15 is 0 Å². The van der Waals surface area contributed by atoms with Crippen LogP contribution in [0.3, 0.4) is 0 Å². The van der Waals surface area contributed by atoms with Crippen LogP contribution in [0, 0.1) is 11.7 Å². The van der Waals surface area contributed by atoms with Gasteiger partial charge in [0, 0.05) is 13.1 Å². The molecule has 0 saturated carbocycles. The van der Waals surface area contributed by atoms with Crippen LogP contribution >= 0.6 is 0 Å². The van der Waals surface area contributed by atoms with Crippen LogP contribution in [-0.4, -0.2) is 23.9 Å². The van der Waals surface area contributed by atoms with E-state index in [4.69, 9.17) is 0 Å². The molecule has 0 heterocycles. The molecule has 0 spiro atoms. The predicted octanol–water partition coefficient (Wildman–Crippen LogP) is 5.52. The van der Waals surface area contributed by atoms with Crippen LogP contribution in [0.15, 0.2) is 18.2 Å². The number of benzene rings is 1. The first-order valence-electron chi connectivity index (χ1n) is 8.33. The lowest BCUT2D eigenvalue weighted by molar-refractivity contribution is -0.140. The van der Waals surface area contributed by atoms with Gasteiger partial charge in [0.15, 0.2) is 0 Å². The summed E-state index contributed by atoms with van der Waals surface area (Å²) in [6, 6.07) is 2.85. The Morgan fingerprint density at radius 2 is 1.83 bits per heavy atom. The molecule has 1 amide bonds. The van der Waals surface area contributed by atoms with E-state index in [1.807, 2.05) is 20.8 Å². The van der Waals surface area contributed by atoms with Gasteiger partial charge in [-0.1, -0.05) is 39.7 Å². The third-order valence-corrected chi connectivity index (χ3v) is 3.83. The SMILES string of the molecule is CCCCCN(CCC(C)C)C(=O)c1cccc(C(F)(F)F)c1F. The Morgan fingerprint density at radius 3 is 2.38 bits per heavy atom. The van der Waals surface area contributed by atoms with Crippen molar-refractivity contribution in [1.29, 1.82) is 0 Å². The fourth-order valence-electron chi connectivity index (χ4n) is 2.37. The minimum Gasteiger partial charge on any atom is -0.339 e. The minimum absolute atomic E-state index is 0.345. The van der Waals surface area contributed by atoms with Gasteiger partial charge in [0.2, 0.25) is 0 Å². The molecule has 2 nitrogen and oxygen atoms in total. The highest BCUT2D eigenvalue weighted by molar-refractivity contribution is 5.94. The van der Waals surface area contributed by atoms with Crippen LogP contribution < -0.4 is 0 Å². The molecular weight excluding hydrogens is 322 g/mol. The molecule has 1 aromatic carbocycles. The number of hydrogen-bond donors (Lipinski definition) is 0. The van der Waals surface area contributed by atoms with Gasteiger partial charge in [-0.05, 0) is 30.9 Å². The summed E-state index contributed by atoms with van der Waals surface area (Å²) in [5.41, 5.74) is -1.91. The first-order chi connectivity index (χ1) is 11.2. The first kappa shape index (κ1) is 20.5. The number of unbranched alkanes of at least 4 members (excludes halogenated alkanes) is 2. The summed E-state index contributed by atoms with van der Waals surface area (Å²) >= 11 is 0. The van der Waals surface area contributed by atoms with E-state index < -0.39 is 29.0 Å². The molecule has 0 aliphatic rings. The van der Waals surface area contributed by atoms with Crippen molar-refractivity contribution in [2.45, 2.75) is 52.6 Å². The maximum absolute atomic E-state index is 14.2. The van der Waals surface area contributed by atoms with Crippen molar-refractivity contribution in [2.24, 2.45) is 5.92 Å². The van der Waals surface area contributed by atoms with Crippen LogP contribution in [-0.2, 0) is 6.18 Å². The molecule has 0 aliphatic carbocycles. The van der Waals surface area contributed by atoms with Gasteiger partial charge in [-0.25, -0.2) is 4.39 Å². The minimum atomic E-state index is -4.81. The fraction of sp³-hybridized carbons (Fsp3) is 0.611. The number of halogens is 4. The molecular formula is C18H25F4NO. The Bertz CT molecular complexity index is 540. The second-order valence-electron chi connectivity index (χ2n) is 6.35. The van der Waals surface area contributed by atoms with E-state index in [0.717, 1.165) is 37.8 Å². The number of alkyl halides is 3. The van der Waals surface area contributed by atoms with Crippen LogP contribution in [0.25, 0.3) is 0 Å². The highest BCUT2D eigenvalue weighted by atomic mass is 19.4. The van der Waals surface area contributed by atoms with E-state index in [-0.39, 0.29) is 0 Å². The topological polar surface area (TPSA) is 20.3 Å². The van der Waals surface area contributed by atoms with Crippen LogP contribution in [0.4, 0.5) is 17.6 Å². The zero-order chi connectivity index (χ0) is 18.3. The Kier molecular flexibility index (Phi) is 7.70. The normalized spacial score (nSPS) is 11.8. The summed E-state index contributed by atoms with van der Waals surface area (Å²) in [6.07, 6.45) is -1.47. The highest BCUT2D eigenvalue weighted by Crippen LogP contribution is 2.32. The lowest BCUT2D eigenvalue weighted by Crippen LogP contribution is -2.34. The number of amides is 1. The van der Waals surface area contributed by atoms with Crippen molar-refractivity contribution in [1.82, 2.24) is 4.90 Å². The summed E-state index contributed by atoms with van der Waals surface area (Å²) in [4.78, 5) is 14.0. The van der Waals surface area contributed by atoms with Gasteiger partial charge < -0.3 is 4.90 Å². The van der Waals surface area contributed by atoms with E-state index in [1.165, 1.54) is 4.90 Å². The van der Waals surface area contributed by atoms with Gasteiger partial charge in [-0.15, -0.1) is 0 Å². The molecule has 0 bridgehead atoms. The van der Waals surface area contributed by atoms with Crippen LogP contribution in [0.5, 0.6) is 0 Å². The standard InChI is InChI=1S/C18H25F4NO/c1-4-5-6-11-23(12-10-13(2)3)17(24)14-8-7-9-15(16(14)19)18(20,21)22/h7-9,13H,4-6,10-12H2,1-3H3. The van der Waals surface area contributed by atoms with Crippen molar-refractivity contribution in [3.05, 3.63) is 35.1 Å². The first-order valence-corrected chi connectivity index (χ1v) is 8.33. The maximum atomic E-state index is 14.2. The Hall–Kier alpha value is -1.59. The Morgan fingerprint density at radius 1 is 1.17 bits per heavy atom. The monoisotopic (exact) mass is 347 g/mol. The highest BCUT2D eigenvalue weighted by Gasteiger charge is 2.36. The fourth-order valence-corrected chi connectivity index (χ4v) is 2.37. The summed E-state index contributed by atoms with van der Waals surface area (Å²) in [7, 11) is 0. The van der Waals surface area contributed by atoms with Gasteiger partial charge >= 0.3 is 6.18 Å². The molecule has 1 rings (SSSR count). The smallest absolute Gasteiger partial charge is 0.339 e. The molecule has 0 N–H and O–H groups in total. The zero-order valence-electron chi connectivity index (χ0n) is 14.4. The molecule has 0 unspecified atom stereocenters. The Balaban J connectivity index is 3.04. The second-order valence-corrected chi connectivity index (χ2v) is 6.35. The summed E-state index contributed by atoms with van der Waals surface area (Å²) in [6.45, 7) is 6.86. The van der Waals surface area contributed by atoms with Gasteiger partial charge in [-0.3, -0.25) is 4.79 Å². The number of hydrogen-bond acceptors (Lipinski definition) is 1. The lowest BCUT2D eigenvalue weighted by atomic mass is 10.1. The molecule has 0 aromatic heterocycles. The summed E-state index contributed by atoms with van der Waals surface area (Å²) < 4.78 is 52.7. The van der Waals surface area contributed by atoms with Gasteiger partial charge in [0.1, 0.15) is 5.82 Å². The number of carbonyl (C=O) groups is 1. The second kappa shape index (κ2) is 9.04. The van der Waals surface area contributed by atoms with E-state index in [9.17, 15) is 22.4 Å². The van der Waals surface area contributed by atoms with Crippen molar-refractivity contribution >= 4 is 5.91 Å². The van der Waals surface area contributed by atoms with Crippen LogP contribution in [0.2, 0.25) is 0 Å². The maximum Gasteiger partial charge on any atom is 0.419 e. The van der Waals surface area contributed by atoms with E-state index in [2.05, 4.69) is 0 Å². The van der Waals surface area contributed by atoms with Crippen molar-refractivity contribution < 1.29 is 22.4 Å².